The third-order valence-corrected chi connectivity index (χ3v) is 6.19. The highest BCUT2D eigenvalue weighted by molar-refractivity contribution is 7.92. The van der Waals surface area contributed by atoms with Gasteiger partial charge in [-0.1, -0.05) is 29.8 Å². The number of anilines is 1. The second kappa shape index (κ2) is 7.88. The second-order valence-corrected chi connectivity index (χ2v) is 10.3. The molecule has 1 aliphatic heterocycles. The van der Waals surface area contributed by atoms with E-state index in [1.54, 1.807) is 25.1 Å². The minimum atomic E-state index is -3.67. The number of hydrogen-bond donors (Lipinski definition) is 1. The number of hydrogen-bond acceptors (Lipinski definition) is 4. The Morgan fingerprint density at radius 3 is 2.62 bits per heavy atom. The maximum atomic E-state index is 12.9. The fourth-order valence-electron chi connectivity index (χ4n) is 3.58. The van der Waals surface area contributed by atoms with E-state index in [0.717, 1.165) is 21.9 Å². The van der Waals surface area contributed by atoms with Crippen molar-refractivity contribution in [1.29, 1.82) is 0 Å². The molecule has 0 radical (unpaired) electrons. The molecule has 6 nitrogen and oxygen atoms in total. The Balaban J connectivity index is 1.84. The van der Waals surface area contributed by atoms with Crippen molar-refractivity contribution >= 4 is 33.2 Å². The number of nitrogens with zero attached hydrogens (tertiary/aromatic N) is 1. The topological polar surface area (TPSA) is 75.7 Å². The van der Waals surface area contributed by atoms with Crippen LogP contribution < -0.4 is 14.4 Å². The molecule has 1 aliphatic rings. The van der Waals surface area contributed by atoms with Crippen LogP contribution in [-0.2, 0) is 14.8 Å². The highest BCUT2D eigenvalue weighted by Gasteiger charge is 2.35. The zero-order valence-electron chi connectivity index (χ0n) is 16.9. The second-order valence-electron chi connectivity index (χ2n) is 7.92. The standard InChI is InChI=1S/C21H25ClN2O4S/c1-14-11-15(22)9-10-18(14)24(29(4,26)27)13-20(25)23-17-12-21(2,3)28-19-8-6-5-7-16(17)19/h5-11,17H,12-13H2,1-4H3,(H,23,25). The summed E-state index contributed by atoms with van der Waals surface area (Å²) in [5, 5.41) is 3.49. The Kier molecular flexibility index (Phi) is 5.83. The molecule has 0 spiro atoms. The van der Waals surface area contributed by atoms with Crippen LogP contribution in [0.3, 0.4) is 0 Å². The van der Waals surface area contributed by atoms with E-state index in [-0.39, 0.29) is 18.5 Å². The minimum Gasteiger partial charge on any atom is -0.487 e. The molecule has 0 aliphatic carbocycles. The molecule has 1 N–H and O–H groups in total. The monoisotopic (exact) mass is 436 g/mol. The summed E-state index contributed by atoms with van der Waals surface area (Å²) in [5.74, 6) is 0.338. The van der Waals surface area contributed by atoms with Crippen LogP contribution >= 0.6 is 11.6 Å². The van der Waals surface area contributed by atoms with E-state index < -0.39 is 15.6 Å². The van der Waals surface area contributed by atoms with Gasteiger partial charge >= 0.3 is 0 Å². The molecule has 29 heavy (non-hydrogen) atoms. The molecule has 1 amide bonds. The number of fused-ring (bicyclic) bond motifs is 1. The average molecular weight is 437 g/mol. The molecular formula is C21H25ClN2O4S. The van der Waals surface area contributed by atoms with Crippen molar-refractivity contribution in [3.63, 3.8) is 0 Å². The largest absolute Gasteiger partial charge is 0.487 e. The van der Waals surface area contributed by atoms with Gasteiger partial charge in [-0.3, -0.25) is 9.10 Å². The Hall–Kier alpha value is -2.25. The van der Waals surface area contributed by atoms with Crippen LogP contribution in [0.2, 0.25) is 5.02 Å². The lowest BCUT2D eigenvalue weighted by atomic mass is 9.89. The molecular weight excluding hydrogens is 412 g/mol. The van der Waals surface area contributed by atoms with Crippen molar-refractivity contribution in [1.82, 2.24) is 5.32 Å². The van der Waals surface area contributed by atoms with Crippen LogP contribution in [0, 0.1) is 6.92 Å². The van der Waals surface area contributed by atoms with Gasteiger partial charge in [0, 0.05) is 17.0 Å². The minimum absolute atomic E-state index is 0.268. The summed E-state index contributed by atoms with van der Waals surface area (Å²) in [5.41, 5.74) is 1.54. The first-order chi connectivity index (χ1) is 13.5. The van der Waals surface area contributed by atoms with E-state index in [1.807, 2.05) is 38.1 Å². The number of ether oxygens (including phenoxy) is 1. The number of rotatable bonds is 5. The van der Waals surface area contributed by atoms with Crippen LogP contribution in [0.25, 0.3) is 0 Å². The highest BCUT2D eigenvalue weighted by Crippen LogP contribution is 2.39. The molecule has 0 saturated heterocycles. The van der Waals surface area contributed by atoms with E-state index in [4.69, 9.17) is 16.3 Å². The maximum absolute atomic E-state index is 12.9. The van der Waals surface area contributed by atoms with Crippen molar-refractivity contribution in [2.75, 3.05) is 17.1 Å². The van der Waals surface area contributed by atoms with Gasteiger partial charge in [0.2, 0.25) is 15.9 Å². The van der Waals surface area contributed by atoms with Crippen molar-refractivity contribution < 1.29 is 17.9 Å². The van der Waals surface area contributed by atoms with Crippen LogP contribution in [0.15, 0.2) is 42.5 Å². The molecule has 0 saturated carbocycles. The van der Waals surface area contributed by atoms with Crippen LogP contribution in [-0.4, -0.2) is 32.7 Å². The van der Waals surface area contributed by atoms with Gasteiger partial charge in [-0.15, -0.1) is 0 Å². The lowest BCUT2D eigenvalue weighted by Gasteiger charge is -2.38. The van der Waals surface area contributed by atoms with Crippen molar-refractivity contribution in [2.24, 2.45) is 0 Å². The average Bonchev–Trinajstić information content (AvgIpc) is 2.58. The Morgan fingerprint density at radius 1 is 1.28 bits per heavy atom. The van der Waals surface area contributed by atoms with Gasteiger partial charge < -0.3 is 10.1 Å². The van der Waals surface area contributed by atoms with Gasteiger partial charge in [0.15, 0.2) is 0 Å². The third-order valence-electron chi connectivity index (χ3n) is 4.83. The molecule has 3 rings (SSSR count). The Labute approximate surface area is 176 Å². The number of amides is 1. The molecule has 156 valence electrons. The number of carbonyl (C=O) groups excluding carboxylic acids is 1. The fourth-order valence-corrected chi connectivity index (χ4v) is 4.72. The summed E-state index contributed by atoms with van der Waals surface area (Å²) >= 11 is 5.99. The van der Waals surface area contributed by atoms with Gasteiger partial charge in [0.25, 0.3) is 0 Å². The molecule has 0 aromatic heterocycles. The van der Waals surface area contributed by atoms with Crippen molar-refractivity contribution in [2.45, 2.75) is 38.8 Å². The van der Waals surface area contributed by atoms with E-state index in [1.165, 1.54) is 0 Å². The lowest BCUT2D eigenvalue weighted by Crippen LogP contribution is -2.45. The van der Waals surface area contributed by atoms with Crippen LogP contribution in [0.5, 0.6) is 5.75 Å². The predicted molar refractivity (Wildman–Crippen MR) is 115 cm³/mol. The number of nitrogens with one attached hydrogen (secondary N) is 1. The number of carbonyl (C=O) groups is 1. The van der Waals surface area contributed by atoms with Gasteiger partial charge in [-0.2, -0.15) is 0 Å². The summed E-state index contributed by atoms with van der Waals surface area (Å²) in [6.07, 6.45) is 1.66. The molecule has 1 atom stereocenters. The summed E-state index contributed by atoms with van der Waals surface area (Å²) in [6.45, 7) is 5.36. The molecule has 8 heteroatoms. The normalized spacial score (nSPS) is 17.8. The molecule has 2 aromatic rings. The predicted octanol–water partition coefficient (Wildman–Crippen LogP) is 3.83. The number of para-hydroxylation sites is 1. The molecule has 1 heterocycles. The van der Waals surface area contributed by atoms with E-state index in [0.29, 0.717) is 22.7 Å². The molecule has 0 fully saturated rings. The number of benzene rings is 2. The quantitative estimate of drug-likeness (QED) is 0.772. The van der Waals surface area contributed by atoms with E-state index in [9.17, 15) is 13.2 Å². The summed E-state index contributed by atoms with van der Waals surface area (Å²) in [4.78, 5) is 12.9. The van der Waals surface area contributed by atoms with E-state index >= 15 is 0 Å². The summed E-state index contributed by atoms with van der Waals surface area (Å²) in [7, 11) is -3.67. The summed E-state index contributed by atoms with van der Waals surface area (Å²) < 4.78 is 31.9. The maximum Gasteiger partial charge on any atom is 0.241 e. The molecule has 0 bridgehead atoms. The number of halogens is 1. The van der Waals surface area contributed by atoms with Gasteiger partial charge in [-0.05, 0) is 50.6 Å². The molecule has 1 unspecified atom stereocenters. The first-order valence-corrected chi connectivity index (χ1v) is 11.5. The zero-order valence-corrected chi connectivity index (χ0v) is 18.5. The summed E-state index contributed by atoms with van der Waals surface area (Å²) in [6, 6.07) is 12.2. The number of sulfonamides is 1. The van der Waals surface area contributed by atoms with Crippen molar-refractivity contribution in [3.8, 4) is 5.75 Å². The Bertz CT molecular complexity index is 1040. The van der Waals surface area contributed by atoms with Gasteiger partial charge in [-0.25, -0.2) is 8.42 Å². The van der Waals surface area contributed by atoms with E-state index in [2.05, 4.69) is 5.32 Å². The third kappa shape index (κ3) is 5.03. The highest BCUT2D eigenvalue weighted by atomic mass is 35.5. The first-order valence-electron chi connectivity index (χ1n) is 9.27. The zero-order chi connectivity index (χ0) is 21.4. The number of aryl methyl sites for hydroxylation is 1. The van der Waals surface area contributed by atoms with Crippen molar-refractivity contribution in [3.05, 3.63) is 58.6 Å². The first kappa shape index (κ1) is 21.5. The van der Waals surface area contributed by atoms with Crippen LogP contribution in [0.4, 0.5) is 5.69 Å². The SMILES string of the molecule is Cc1cc(Cl)ccc1N(CC(=O)NC1CC(C)(C)Oc2ccccc21)S(C)(=O)=O. The Morgan fingerprint density at radius 2 is 1.97 bits per heavy atom. The van der Waals surface area contributed by atoms with Crippen LogP contribution in [0.1, 0.15) is 37.4 Å². The smallest absolute Gasteiger partial charge is 0.241 e. The fraction of sp³-hybridized carbons (Fsp3) is 0.381. The van der Waals surface area contributed by atoms with Gasteiger partial charge in [0.05, 0.1) is 18.0 Å². The molecule has 2 aromatic carbocycles. The van der Waals surface area contributed by atoms with Gasteiger partial charge in [0.1, 0.15) is 17.9 Å². The lowest BCUT2D eigenvalue weighted by molar-refractivity contribution is -0.120.